The van der Waals surface area contributed by atoms with Gasteiger partial charge in [-0.15, -0.1) is 0 Å². The smallest absolute Gasteiger partial charge is 0.251 e. The minimum Gasteiger partial charge on any atom is -0.351 e. The van der Waals surface area contributed by atoms with Crippen LogP contribution < -0.4 is 5.32 Å². The van der Waals surface area contributed by atoms with Crippen molar-refractivity contribution in [2.24, 2.45) is 5.41 Å². The first kappa shape index (κ1) is 12.2. The Morgan fingerprint density at radius 3 is 3.00 bits per heavy atom. The number of nitrogens with zero attached hydrogens (tertiary/aromatic N) is 1. The molecule has 4 heteroatoms. The summed E-state index contributed by atoms with van der Waals surface area (Å²) < 4.78 is 0. The van der Waals surface area contributed by atoms with Crippen LogP contribution in [0, 0.1) is 5.41 Å². The first-order valence-corrected chi connectivity index (χ1v) is 6.94. The third kappa shape index (κ3) is 2.23. The van der Waals surface area contributed by atoms with E-state index in [9.17, 15) is 4.79 Å². The summed E-state index contributed by atoms with van der Waals surface area (Å²) in [5, 5.41) is 11.0. The predicted octanol–water partition coefficient (Wildman–Crippen LogP) is 2.87. The van der Waals surface area contributed by atoms with E-state index in [0.29, 0.717) is 11.0 Å². The topological polar surface area (TPSA) is 57.8 Å². The lowest BCUT2D eigenvalue weighted by Crippen LogP contribution is -2.41. The molecule has 0 spiro atoms. The minimum atomic E-state index is 0.0104. The molecule has 0 radical (unpaired) electrons. The van der Waals surface area contributed by atoms with Gasteiger partial charge < -0.3 is 5.32 Å². The molecule has 100 valence electrons. The van der Waals surface area contributed by atoms with E-state index in [1.807, 2.05) is 18.2 Å². The monoisotopic (exact) mass is 257 g/mol. The Balaban J connectivity index is 1.69. The summed E-state index contributed by atoms with van der Waals surface area (Å²) in [6.45, 7) is 3.01. The van der Waals surface area contributed by atoms with Crippen LogP contribution in [0.25, 0.3) is 10.9 Å². The molecule has 1 fully saturated rings. The molecule has 1 aromatic heterocycles. The molecule has 4 nitrogen and oxygen atoms in total. The van der Waals surface area contributed by atoms with Crippen molar-refractivity contribution in [1.29, 1.82) is 0 Å². The largest absolute Gasteiger partial charge is 0.351 e. The maximum absolute atomic E-state index is 12.2. The molecule has 1 heterocycles. The van der Waals surface area contributed by atoms with Gasteiger partial charge in [-0.1, -0.05) is 19.4 Å². The Hall–Kier alpha value is -1.84. The van der Waals surface area contributed by atoms with Crippen molar-refractivity contribution in [2.45, 2.75) is 32.6 Å². The van der Waals surface area contributed by atoms with Crippen LogP contribution in [0.5, 0.6) is 0 Å². The number of fused-ring (bicyclic) bond motifs is 1. The average molecular weight is 257 g/mol. The third-order valence-corrected chi connectivity index (χ3v) is 4.49. The van der Waals surface area contributed by atoms with E-state index in [2.05, 4.69) is 22.4 Å². The summed E-state index contributed by atoms with van der Waals surface area (Å²) >= 11 is 0. The standard InChI is InChI=1S/C15H19N3O/c1-2-15(6-3-7-15)10-16-14(19)11-4-5-12-9-17-18-13(12)8-11/h4-5,8-9H,2-3,6-7,10H2,1H3,(H,16,19)(H,17,18). The van der Waals surface area contributed by atoms with Crippen molar-refractivity contribution >= 4 is 16.8 Å². The number of hydrogen-bond donors (Lipinski definition) is 2. The highest BCUT2D eigenvalue weighted by atomic mass is 16.1. The maximum atomic E-state index is 12.2. The molecule has 19 heavy (non-hydrogen) atoms. The lowest BCUT2D eigenvalue weighted by atomic mass is 9.67. The van der Waals surface area contributed by atoms with Gasteiger partial charge in [0.2, 0.25) is 0 Å². The second kappa shape index (κ2) is 4.68. The number of carbonyl (C=O) groups excluding carboxylic acids is 1. The second-order valence-electron chi connectivity index (χ2n) is 5.56. The van der Waals surface area contributed by atoms with Gasteiger partial charge in [-0.3, -0.25) is 9.89 Å². The van der Waals surface area contributed by atoms with Gasteiger partial charge in [0, 0.05) is 17.5 Å². The number of amides is 1. The first-order chi connectivity index (χ1) is 9.22. The van der Waals surface area contributed by atoms with Gasteiger partial charge in [0.25, 0.3) is 5.91 Å². The van der Waals surface area contributed by atoms with E-state index in [4.69, 9.17) is 0 Å². The van der Waals surface area contributed by atoms with E-state index in [1.165, 1.54) is 19.3 Å². The molecule has 0 bridgehead atoms. The molecule has 1 aromatic carbocycles. The molecule has 3 rings (SSSR count). The summed E-state index contributed by atoms with van der Waals surface area (Å²) in [6.07, 6.45) is 6.68. The fraction of sp³-hybridized carbons (Fsp3) is 0.467. The highest BCUT2D eigenvalue weighted by Gasteiger charge is 2.35. The van der Waals surface area contributed by atoms with E-state index in [1.54, 1.807) is 6.20 Å². The first-order valence-electron chi connectivity index (χ1n) is 6.94. The van der Waals surface area contributed by atoms with Gasteiger partial charge in [-0.05, 0) is 36.8 Å². The number of carbonyl (C=O) groups is 1. The van der Waals surface area contributed by atoms with Crippen LogP contribution in [0.1, 0.15) is 43.0 Å². The van der Waals surface area contributed by atoms with Gasteiger partial charge in [-0.25, -0.2) is 0 Å². The second-order valence-corrected chi connectivity index (χ2v) is 5.56. The number of rotatable bonds is 4. The number of aromatic amines is 1. The minimum absolute atomic E-state index is 0.0104. The van der Waals surface area contributed by atoms with Crippen LogP contribution in [0.4, 0.5) is 0 Å². The number of nitrogens with one attached hydrogen (secondary N) is 2. The van der Waals surface area contributed by atoms with Crippen molar-refractivity contribution in [1.82, 2.24) is 15.5 Å². The van der Waals surface area contributed by atoms with Crippen molar-refractivity contribution in [3.63, 3.8) is 0 Å². The van der Waals surface area contributed by atoms with Crippen molar-refractivity contribution < 1.29 is 4.79 Å². The summed E-state index contributed by atoms with van der Waals surface area (Å²) in [7, 11) is 0. The molecule has 0 atom stereocenters. The normalized spacial score (nSPS) is 17.1. The summed E-state index contributed by atoms with van der Waals surface area (Å²) in [5.74, 6) is 0.0104. The number of H-pyrrole nitrogens is 1. The van der Waals surface area contributed by atoms with Crippen molar-refractivity contribution in [3.8, 4) is 0 Å². The maximum Gasteiger partial charge on any atom is 0.251 e. The fourth-order valence-electron chi connectivity index (χ4n) is 2.78. The van der Waals surface area contributed by atoms with Crippen LogP contribution in [0.2, 0.25) is 0 Å². The molecule has 2 N–H and O–H groups in total. The van der Waals surface area contributed by atoms with E-state index in [-0.39, 0.29) is 5.91 Å². The Kier molecular flexibility index (Phi) is 3.01. The summed E-state index contributed by atoms with van der Waals surface area (Å²) in [5.41, 5.74) is 1.96. The van der Waals surface area contributed by atoms with Crippen LogP contribution in [0.3, 0.4) is 0 Å². The van der Waals surface area contributed by atoms with Crippen LogP contribution >= 0.6 is 0 Å². The average Bonchev–Trinajstić information content (AvgIpc) is 2.84. The lowest BCUT2D eigenvalue weighted by molar-refractivity contribution is 0.0850. The SMILES string of the molecule is CCC1(CNC(=O)c2ccc3cn[nH]c3c2)CCC1. The Labute approximate surface area is 112 Å². The zero-order chi connectivity index (χ0) is 13.3. The van der Waals surface area contributed by atoms with Gasteiger partial charge in [0.15, 0.2) is 0 Å². The molecule has 2 aromatic rings. The van der Waals surface area contributed by atoms with E-state index >= 15 is 0 Å². The summed E-state index contributed by atoms with van der Waals surface area (Å²) in [4.78, 5) is 12.2. The van der Waals surface area contributed by atoms with Gasteiger partial charge in [-0.2, -0.15) is 5.10 Å². The molecule has 1 saturated carbocycles. The highest BCUT2D eigenvalue weighted by molar-refractivity contribution is 5.97. The highest BCUT2D eigenvalue weighted by Crippen LogP contribution is 2.43. The van der Waals surface area contributed by atoms with E-state index < -0.39 is 0 Å². The summed E-state index contributed by atoms with van der Waals surface area (Å²) in [6, 6.07) is 5.64. The molecule has 1 amide bonds. The molecular formula is C15H19N3O. The molecule has 1 aliphatic carbocycles. The molecule has 0 saturated heterocycles. The molecule has 0 aliphatic heterocycles. The molecule has 1 aliphatic rings. The number of benzene rings is 1. The Morgan fingerprint density at radius 1 is 1.47 bits per heavy atom. The predicted molar refractivity (Wildman–Crippen MR) is 75.0 cm³/mol. The van der Waals surface area contributed by atoms with Gasteiger partial charge in [0.05, 0.1) is 11.7 Å². The Bertz CT molecular complexity index is 593. The van der Waals surface area contributed by atoms with Crippen molar-refractivity contribution in [2.75, 3.05) is 6.54 Å². The van der Waals surface area contributed by atoms with Gasteiger partial charge in [0.1, 0.15) is 0 Å². The van der Waals surface area contributed by atoms with Gasteiger partial charge >= 0.3 is 0 Å². The van der Waals surface area contributed by atoms with Crippen LogP contribution in [0.15, 0.2) is 24.4 Å². The quantitative estimate of drug-likeness (QED) is 0.884. The third-order valence-electron chi connectivity index (χ3n) is 4.49. The lowest BCUT2D eigenvalue weighted by Gasteiger charge is -2.41. The van der Waals surface area contributed by atoms with Crippen LogP contribution in [-0.4, -0.2) is 22.6 Å². The molecule has 0 unspecified atom stereocenters. The molecular weight excluding hydrogens is 238 g/mol. The number of aromatic nitrogens is 2. The van der Waals surface area contributed by atoms with Crippen molar-refractivity contribution in [3.05, 3.63) is 30.0 Å². The fourth-order valence-corrected chi connectivity index (χ4v) is 2.78. The van der Waals surface area contributed by atoms with Crippen LogP contribution in [-0.2, 0) is 0 Å². The Morgan fingerprint density at radius 2 is 2.32 bits per heavy atom. The zero-order valence-electron chi connectivity index (χ0n) is 11.2. The van der Waals surface area contributed by atoms with E-state index in [0.717, 1.165) is 23.9 Å². The zero-order valence-corrected chi connectivity index (χ0v) is 11.2. The number of hydrogen-bond acceptors (Lipinski definition) is 2.